The molecule has 0 bridgehead atoms. The average molecular weight is 356 g/mol. The van der Waals surface area contributed by atoms with Crippen LogP contribution in [0.25, 0.3) is 0 Å². The number of aromatic nitrogens is 2. The molecule has 1 saturated heterocycles. The molecule has 2 aromatic rings. The summed E-state index contributed by atoms with van der Waals surface area (Å²) in [6.07, 6.45) is 2.84. The van der Waals surface area contributed by atoms with Crippen LogP contribution in [-0.2, 0) is 22.5 Å². The van der Waals surface area contributed by atoms with Gasteiger partial charge in [0.2, 0.25) is 5.91 Å². The molecule has 1 fully saturated rings. The number of rotatable bonds is 7. The van der Waals surface area contributed by atoms with E-state index in [1.165, 1.54) is 0 Å². The largest absolute Gasteiger partial charge is 0.497 e. The van der Waals surface area contributed by atoms with Gasteiger partial charge in [0, 0.05) is 25.7 Å². The highest BCUT2D eigenvalue weighted by atomic mass is 16.5. The lowest BCUT2D eigenvalue weighted by molar-refractivity contribution is -0.121. The Hall–Kier alpha value is -2.67. The minimum absolute atomic E-state index is 0.0128. The van der Waals surface area contributed by atoms with Crippen molar-refractivity contribution in [3.05, 3.63) is 47.9 Å². The third kappa shape index (κ3) is 5.16. The van der Waals surface area contributed by atoms with E-state index in [1.807, 2.05) is 30.3 Å². The summed E-state index contributed by atoms with van der Waals surface area (Å²) in [5.74, 6) is 2.30. The molecule has 138 valence electrons. The normalized spacial score (nSPS) is 14.1. The molecule has 7 nitrogen and oxygen atoms in total. The molecule has 0 spiro atoms. The van der Waals surface area contributed by atoms with Gasteiger partial charge in [-0.25, -0.2) is 9.97 Å². The number of hydrogen-bond donors (Lipinski definition) is 1. The Balaban J connectivity index is 1.46. The van der Waals surface area contributed by atoms with Crippen molar-refractivity contribution < 1.29 is 14.3 Å². The summed E-state index contributed by atoms with van der Waals surface area (Å²) in [5.41, 5.74) is 1.10. The number of nitrogens with zero attached hydrogens (tertiary/aromatic N) is 3. The van der Waals surface area contributed by atoms with Gasteiger partial charge >= 0.3 is 0 Å². The number of aryl methyl sites for hydroxylation is 1. The molecular weight excluding hydrogens is 332 g/mol. The molecule has 1 aromatic heterocycles. The number of amides is 1. The minimum Gasteiger partial charge on any atom is -0.497 e. The van der Waals surface area contributed by atoms with Crippen molar-refractivity contribution in [1.82, 2.24) is 15.3 Å². The maximum absolute atomic E-state index is 12.1. The van der Waals surface area contributed by atoms with E-state index in [2.05, 4.69) is 20.2 Å². The molecule has 7 heteroatoms. The van der Waals surface area contributed by atoms with E-state index in [-0.39, 0.29) is 5.91 Å². The van der Waals surface area contributed by atoms with Crippen molar-refractivity contribution in [2.45, 2.75) is 19.4 Å². The fraction of sp³-hybridized carbons (Fsp3) is 0.421. The zero-order valence-electron chi connectivity index (χ0n) is 15.0. The fourth-order valence-electron chi connectivity index (χ4n) is 2.76. The number of ether oxygens (including phenoxy) is 2. The summed E-state index contributed by atoms with van der Waals surface area (Å²) in [7, 11) is 1.64. The number of carbonyl (C=O) groups is 1. The lowest BCUT2D eigenvalue weighted by atomic mass is 10.1. The highest BCUT2D eigenvalue weighted by Crippen LogP contribution is 2.13. The van der Waals surface area contributed by atoms with Crippen LogP contribution in [0, 0.1) is 0 Å². The van der Waals surface area contributed by atoms with Gasteiger partial charge in [-0.3, -0.25) is 4.79 Å². The standard InChI is InChI=1S/C19H24N4O3/c1-25-16-5-2-15(3-6-16)4-7-19(24)21-14-17-20-9-8-18(22-17)23-10-12-26-13-11-23/h2-3,5-6,8-9H,4,7,10-14H2,1H3,(H,21,24). The minimum atomic E-state index is -0.0128. The molecule has 1 aliphatic rings. The van der Waals surface area contributed by atoms with Crippen LogP contribution in [0.3, 0.4) is 0 Å². The lowest BCUT2D eigenvalue weighted by Crippen LogP contribution is -2.37. The van der Waals surface area contributed by atoms with Crippen molar-refractivity contribution in [2.24, 2.45) is 0 Å². The first-order valence-electron chi connectivity index (χ1n) is 8.79. The Morgan fingerprint density at radius 3 is 2.73 bits per heavy atom. The molecule has 1 amide bonds. The zero-order valence-corrected chi connectivity index (χ0v) is 15.0. The summed E-state index contributed by atoms with van der Waals surface area (Å²) >= 11 is 0. The van der Waals surface area contributed by atoms with Crippen molar-refractivity contribution in [1.29, 1.82) is 0 Å². The van der Waals surface area contributed by atoms with Gasteiger partial charge in [0.1, 0.15) is 17.4 Å². The van der Waals surface area contributed by atoms with Crippen LogP contribution in [0.5, 0.6) is 5.75 Å². The SMILES string of the molecule is COc1ccc(CCC(=O)NCc2nccc(N3CCOCC3)n2)cc1. The molecule has 0 aliphatic carbocycles. The van der Waals surface area contributed by atoms with E-state index in [9.17, 15) is 4.79 Å². The number of morpholine rings is 1. The van der Waals surface area contributed by atoms with Crippen LogP contribution < -0.4 is 15.0 Å². The van der Waals surface area contributed by atoms with E-state index < -0.39 is 0 Å². The van der Waals surface area contributed by atoms with Crippen LogP contribution in [-0.4, -0.2) is 49.3 Å². The molecule has 1 N–H and O–H groups in total. The smallest absolute Gasteiger partial charge is 0.220 e. The highest BCUT2D eigenvalue weighted by Gasteiger charge is 2.13. The van der Waals surface area contributed by atoms with Crippen molar-refractivity contribution in [3.63, 3.8) is 0 Å². The third-order valence-corrected chi connectivity index (χ3v) is 4.27. The van der Waals surface area contributed by atoms with E-state index in [4.69, 9.17) is 9.47 Å². The average Bonchev–Trinajstić information content (AvgIpc) is 2.72. The third-order valence-electron chi connectivity index (χ3n) is 4.27. The predicted octanol–water partition coefficient (Wildman–Crippen LogP) is 1.57. The van der Waals surface area contributed by atoms with Gasteiger partial charge in [0.15, 0.2) is 0 Å². The van der Waals surface area contributed by atoms with Gasteiger partial charge in [-0.05, 0) is 30.2 Å². The summed E-state index contributed by atoms with van der Waals surface area (Å²) in [6.45, 7) is 3.40. The lowest BCUT2D eigenvalue weighted by Gasteiger charge is -2.27. The Bertz CT molecular complexity index is 715. The number of anilines is 1. The quantitative estimate of drug-likeness (QED) is 0.812. The Morgan fingerprint density at radius 2 is 2.00 bits per heavy atom. The summed E-state index contributed by atoms with van der Waals surface area (Å²) < 4.78 is 10.5. The molecule has 3 rings (SSSR count). The maximum atomic E-state index is 12.1. The molecule has 0 radical (unpaired) electrons. The fourth-order valence-corrected chi connectivity index (χ4v) is 2.76. The van der Waals surface area contributed by atoms with Crippen LogP contribution >= 0.6 is 0 Å². The Kier molecular flexibility index (Phi) is 6.38. The van der Waals surface area contributed by atoms with Crippen molar-refractivity contribution >= 4 is 11.7 Å². The number of benzene rings is 1. The molecule has 0 unspecified atom stereocenters. The van der Waals surface area contributed by atoms with E-state index >= 15 is 0 Å². The Morgan fingerprint density at radius 1 is 1.23 bits per heavy atom. The van der Waals surface area contributed by atoms with E-state index in [0.717, 1.165) is 30.2 Å². The number of hydrogen-bond acceptors (Lipinski definition) is 6. The first-order chi connectivity index (χ1) is 12.7. The second-order valence-corrected chi connectivity index (χ2v) is 6.06. The van der Waals surface area contributed by atoms with Gasteiger partial charge in [0.25, 0.3) is 0 Å². The second-order valence-electron chi connectivity index (χ2n) is 6.06. The maximum Gasteiger partial charge on any atom is 0.220 e. The predicted molar refractivity (Wildman–Crippen MR) is 98.2 cm³/mol. The second kappa shape index (κ2) is 9.15. The van der Waals surface area contributed by atoms with Gasteiger partial charge in [-0.1, -0.05) is 12.1 Å². The van der Waals surface area contributed by atoms with Crippen molar-refractivity contribution in [2.75, 3.05) is 38.3 Å². The molecular formula is C19H24N4O3. The van der Waals surface area contributed by atoms with Gasteiger partial charge in [-0.2, -0.15) is 0 Å². The highest BCUT2D eigenvalue weighted by molar-refractivity contribution is 5.76. The number of nitrogens with one attached hydrogen (secondary N) is 1. The summed E-state index contributed by atoms with van der Waals surface area (Å²) in [4.78, 5) is 23.0. The number of carbonyl (C=O) groups excluding carboxylic acids is 1. The van der Waals surface area contributed by atoms with Gasteiger partial charge < -0.3 is 19.7 Å². The molecule has 1 aliphatic heterocycles. The Labute approximate surface area is 153 Å². The van der Waals surface area contributed by atoms with Crippen molar-refractivity contribution in [3.8, 4) is 5.75 Å². The summed E-state index contributed by atoms with van der Waals surface area (Å²) in [6, 6.07) is 9.64. The molecule has 26 heavy (non-hydrogen) atoms. The van der Waals surface area contributed by atoms with Gasteiger partial charge in [-0.15, -0.1) is 0 Å². The van der Waals surface area contributed by atoms with E-state index in [1.54, 1.807) is 13.3 Å². The van der Waals surface area contributed by atoms with Crippen LogP contribution in [0.15, 0.2) is 36.5 Å². The summed E-state index contributed by atoms with van der Waals surface area (Å²) in [5, 5.41) is 2.89. The van der Waals surface area contributed by atoms with Gasteiger partial charge in [0.05, 0.1) is 26.9 Å². The molecule has 2 heterocycles. The first kappa shape index (κ1) is 18.1. The number of methoxy groups -OCH3 is 1. The topological polar surface area (TPSA) is 76.6 Å². The molecule has 1 aromatic carbocycles. The molecule has 0 atom stereocenters. The zero-order chi connectivity index (χ0) is 18.2. The first-order valence-corrected chi connectivity index (χ1v) is 8.79. The van der Waals surface area contributed by atoms with Crippen LogP contribution in [0.1, 0.15) is 17.8 Å². The monoisotopic (exact) mass is 356 g/mol. The molecule has 0 saturated carbocycles. The van der Waals surface area contributed by atoms with E-state index in [0.29, 0.717) is 38.4 Å². The van der Waals surface area contributed by atoms with Crippen LogP contribution in [0.4, 0.5) is 5.82 Å². The van der Waals surface area contributed by atoms with Crippen LogP contribution in [0.2, 0.25) is 0 Å².